The average molecular weight is 357 g/mol. The molecule has 5 nitrogen and oxygen atoms in total. The summed E-state index contributed by atoms with van der Waals surface area (Å²) in [7, 11) is -3.48. The number of nitrogens with two attached hydrogens (primary N) is 1. The Kier molecular flexibility index (Phi) is 4.76. The number of allylic oxidation sites excluding steroid dienone is 2. The van der Waals surface area contributed by atoms with Gasteiger partial charge < -0.3 is 10.5 Å². The molecule has 1 aliphatic heterocycles. The van der Waals surface area contributed by atoms with Gasteiger partial charge in [-0.15, -0.1) is 0 Å². The second-order valence-corrected chi connectivity index (χ2v) is 7.94. The lowest BCUT2D eigenvalue weighted by Crippen LogP contribution is -2.55. The molecule has 3 rings (SSSR count). The van der Waals surface area contributed by atoms with Crippen LogP contribution in [-0.2, 0) is 10.0 Å². The Morgan fingerprint density at radius 1 is 1.04 bits per heavy atom. The summed E-state index contributed by atoms with van der Waals surface area (Å²) in [5.41, 5.74) is 7.12. The Hall–Kier alpha value is -2.41. The number of hydrogen-bond acceptors (Lipinski definition) is 4. The minimum atomic E-state index is -3.48. The highest BCUT2D eigenvalue weighted by molar-refractivity contribution is 7.90. The fraction of sp³-hybridized carbons (Fsp3) is 0.158. The van der Waals surface area contributed by atoms with Crippen molar-refractivity contribution in [3.05, 3.63) is 78.5 Å². The van der Waals surface area contributed by atoms with E-state index in [4.69, 9.17) is 10.5 Å². The molecule has 0 fully saturated rings. The number of benzene rings is 2. The van der Waals surface area contributed by atoms with Crippen molar-refractivity contribution in [1.29, 1.82) is 0 Å². The normalized spacial score (nSPS) is 20.2. The van der Waals surface area contributed by atoms with Crippen LogP contribution >= 0.6 is 0 Å². The first-order chi connectivity index (χ1) is 12.0. The number of rotatable bonds is 5. The van der Waals surface area contributed by atoms with Crippen molar-refractivity contribution in [3.63, 3.8) is 0 Å². The molecule has 0 aromatic heterocycles. The summed E-state index contributed by atoms with van der Waals surface area (Å²) in [6, 6.07) is 16.6. The van der Waals surface area contributed by atoms with E-state index in [2.05, 4.69) is 0 Å². The van der Waals surface area contributed by atoms with Crippen molar-refractivity contribution < 1.29 is 13.2 Å². The van der Waals surface area contributed by atoms with Crippen LogP contribution in [0, 0.1) is 0 Å². The van der Waals surface area contributed by atoms with Crippen LogP contribution in [0.2, 0.25) is 0 Å². The number of ether oxygens (including phenoxy) is 1. The molecule has 0 spiro atoms. The third-order valence-corrected chi connectivity index (χ3v) is 5.99. The zero-order valence-corrected chi connectivity index (χ0v) is 14.8. The van der Waals surface area contributed by atoms with E-state index in [9.17, 15) is 8.42 Å². The van der Waals surface area contributed by atoms with Gasteiger partial charge in [0, 0.05) is 12.1 Å². The van der Waals surface area contributed by atoms with Crippen LogP contribution < -0.4 is 14.4 Å². The van der Waals surface area contributed by atoms with Crippen molar-refractivity contribution in [3.8, 4) is 11.5 Å². The highest BCUT2D eigenvalue weighted by Crippen LogP contribution is 2.36. The Morgan fingerprint density at radius 3 is 2.28 bits per heavy atom. The van der Waals surface area contributed by atoms with E-state index < -0.39 is 10.0 Å². The van der Waals surface area contributed by atoms with E-state index in [0.29, 0.717) is 23.7 Å². The Bertz CT molecular complexity index is 903. The summed E-state index contributed by atoms with van der Waals surface area (Å²) in [4.78, 5) is 0. The number of nitrogens with zero attached hydrogens (tertiary/aromatic N) is 1. The molecule has 0 saturated heterocycles. The van der Waals surface area contributed by atoms with E-state index in [0.717, 1.165) is 5.75 Å². The summed E-state index contributed by atoms with van der Waals surface area (Å²) in [6.07, 6.45) is 6.70. The number of sulfonamides is 1. The van der Waals surface area contributed by atoms with Crippen LogP contribution in [0.25, 0.3) is 0 Å². The molecule has 1 unspecified atom stereocenters. The van der Waals surface area contributed by atoms with E-state index in [1.165, 1.54) is 6.26 Å². The summed E-state index contributed by atoms with van der Waals surface area (Å²) >= 11 is 0. The summed E-state index contributed by atoms with van der Waals surface area (Å²) in [5.74, 6) is 1.37. The molecule has 1 heterocycles. The fourth-order valence-electron chi connectivity index (χ4n) is 3.03. The fourth-order valence-corrected chi connectivity index (χ4v) is 4.46. The number of hydrogen-bond donors (Lipinski definition) is 1. The van der Waals surface area contributed by atoms with Crippen LogP contribution in [0.15, 0.2) is 78.5 Å². The molecule has 0 radical (unpaired) electrons. The van der Waals surface area contributed by atoms with Gasteiger partial charge in [-0.25, -0.2) is 0 Å². The molecule has 2 aromatic carbocycles. The number of quaternary nitrogens is 1. The lowest BCUT2D eigenvalue weighted by molar-refractivity contribution is 0.478. The molecule has 0 bridgehead atoms. The second kappa shape index (κ2) is 6.84. The van der Waals surface area contributed by atoms with Gasteiger partial charge in [-0.2, -0.15) is 12.3 Å². The van der Waals surface area contributed by atoms with Gasteiger partial charge in [0.1, 0.15) is 23.7 Å². The van der Waals surface area contributed by atoms with Gasteiger partial charge in [-0.05, 0) is 36.4 Å². The van der Waals surface area contributed by atoms with Gasteiger partial charge in [-0.1, -0.05) is 24.3 Å². The molecule has 25 heavy (non-hydrogen) atoms. The SMILES string of the molecule is CS(=O)(=O)[N+]1(c2ccc(Oc3ccccc3)cc2)CC=CC=C1CN. The summed E-state index contributed by atoms with van der Waals surface area (Å²) in [6.45, 7) is 0.487. The van der Waals surface area contributed by atoms with E-state index >= 15 is 0 Å². The predicted octanol–water partition coefficient (Wildman–Crippen LogP) is 3.16. The largest absolute Gasteiger partial charge is 0.457 e. The average Bonchev–Trinajstić information content (AvgIpc) is 2.62. The standard InChI is InChI=1S/C19H21N2O3S/c1-25(22,23)21(14-6-5-7-17(21)15-20)16-10-12-19(13-11-16)24-18-8-3-2-4-9-18/h2-13H,14-15,20H2,1H3/q+1. The summed E-state index contributed by atoms with van der Waals surface area (Å²) in [5, 5.41) is 0. The maximum Gasteiger partial charge on any atom is 0.303 e. The van der Waals surface area contributed by atoms with Gasteiger partial charge in [-0.3, -0.25) is 0 Å². The molecular formula is C19H21N2O3S+. The van der Waals surface area contributed by atoms with Gasteiger partial charge in [0.2, 0.25) is 0 Å². The summed E-state index contributed by atoms with van der Waals surface area (Å²) < 4.78 is 30.8. The molecule has 2 N–H and O–H groups in total. The van der Waals surface area contributed by atoms with Crippen molar-refractivity contribution >= 4 is 15.7 Å². The van der Waals surface area contributed by atoms with Crippen LogP contribution in [-0.4, -0.2) is 27.8 Å². The van der Waals surface area contributed by atoms with E-state index in [1.54, 1.807) is 30.3 Å². The maximum atomic E-state index is 12.7. The zero-order chi connectivity index (χ0) is 17.9. The number of para-hydroxylation sites is 1. The molecule has 0 saturated carbocycles. The van der Waals surface area contributed by atoms with E-state index in [-0.39, 0.29) is 10.4 Å². The van der Waals surface area contributed by atoms with Crippen molar-refractivity contribution in [1.82, 2.24) is 3.89 Å². The third kappa shape index (κ3) is 3.24. The van der Waals surface area contributed by atoms with Gasteiger partial charge in [0.15, 0.2) is 5.69 Å². The second-order valence-electron chi connectivity index (χ2n) is 5.85. The Morgan fingerprint density at radius 2 is 1.68 bits per heavy atom. The lowest BCUT2D eigenvalue weighted by atomic mass is 10.2. The van der Waals surface area contributed by atoms with Gasteiger partial charge in [0.25, 0.3) is 0 Å². The molecule has 130 valence electrons. The first-order valence-electron chi connectivity index (χ1n) is 7.95. The molecule has 2 aromatic rings. The Labute approximate surface area is 148 Å². The maximum absolute atomic E-state index is 12.7. The van der Waals surface area contributed by atoms with Crippen LogP contribution in [0.1, 0.15) is 0 Å². The van der Waals surface area contributed by atoms with Crippen LogP contribution in [0.5, 0.6) is 11.5 Å². The zero-order valence-electron chi connectivity index (χ0n) is 14.0. The molecule has 0 aliphatic carbocycles. The highest BCUT2D eigenvalue weighted by Gasteiger charge is 2.44. The molecular weight excluding hydrogens is 336 g/mol. The van der Waals surface area contributed by atoms with Crippen molar-refractivity contribution in [2.24, 2.45) is 5.73 Å². The van der Waals surface area contributed by atoms with E-state index in [1.807, 2.05) is 42.5 Å². The first-order valence-corrected chi connectivity index (χ1v) is 9.80. The monoisotopic (exact) mass is 357 g/mol. The quantitative estimate of drug-likeness (QED) is 0.835. The lowest BCUT2D eigenvalue weighted by Gasteiger charge is -2.36. The van der Waals surface area contributed by atoms with Crippen LogP contribution in [0.4, 0.5) is 5.69 Å². The third-order valence-electron chi connectivity index (χ3n) is 4.26. The van der Waals surface area contributed by atoms with Gasteiger partial charge >= 0.3 is 10.0 Å². The first kappa shape index (κ1) is 17.4. The Balaban J connectivity index is 1.99. The predicted molar refractivity (Wildman–Crippen MR) is 101 cm³/mol. The van der Waals surface area contributed by atoms with Crippen molar-refractivity contribution in [2.45, 2.75) is 0 Å². The minimum Gasteiger partial charge on any atom is -0.457 e. The van der Waals surface area contributed by atoms with Crippen LogP contribution in [0.3, 0.4) is 0 Å². The molecule has 0 amide bonds. The van der Waals surface area contributed by atoms with Gasteiger partial charge in [0.05, 0.1) is 12.8 Å². The van der Waals surface area contributed by atoms with Crippen molar-refractivity contribution in [2.75, 3.05) is 19.3 Å². The molecule has 6 heteroatoms. The minimum absolute atomic E-state index is 0.166. The smallest absolute Gasteiger partial charge is 0.303 e. The highest BCUT2D eigenvalue weighted by atomic mass is 32.2. The molecule has 1 aliphatic rings. The topological polar surface area (TPSA) is 69.4 Å². The molecule has 1 atom stereocenters.